The lowest BCUT2D eigenvalue weighted by molar-refractivity contribution is 0.165. The van der Waals surface area contributed by atoms with E-state index >= 15 is 0 Å². The molecular formula is C14H18Br2FN. The van der Waals surface area contributed by atoms with Gasteiger partial charge >= 0.3 is 0 Å². The topological polar surface area (TPSA) is 3.24 Å². The van der Waals surface area contributed by atoms with Gasteiger partial charge in [0.05, 0.1) is 4.47 Å². The van der Waals surface area contributed by atoms with E-state index in [1.807, 2.05) is 12.1 Å². The third kappa shape index (κ3) is 4.04. The molecule has 0 N–H and O–H groups in total. The highest BCUT2D eigenvalue weighted by atomic mass is 79.9. The Bertz CT molecular complexity index is 395. The first-order valence-corrected chi connectivity index (χ1v) is 8.32. The third-order valence-corrected chi connectivity index (χ3v) is 4.58. The fourth-order valence-electron chi connectivity index (χ4n) is 2.58. The SMILES string of the molecule is Fc1ccc(CN2CCCC(CCBr)C2)cc1Br. The summed E-state index contributed by atoms with van der Waals surface area (Å²) in [5.74, 6) is 0.622. The van der Waals surface area contributed by atoms with Crippen molar-refractivity contribution in [2.24, 2.45) is 5.92 Å². The molecule has 1 fully saturated rings. The highest BCUT2D eigenvalue weighted by molar-refractivity contribution is 9.10. The fraction of sp³-hybridized carbons (Fsp3) is 0.571. The molecule has 1 unspecified atom stereocenters. The van der Waals surface area contributed by atoms with Gasteiger partial charge in [0.25, 0.3) is 0 Å². The van der Waals surface area contributed by atoms with Gasteiger partial charge < -0.3 is 0 Å². The second-order valence-corrected chi connectivity index (χ2v) is 6.62. The number of rotatable bonds is 4. The lowest BCUT2D eigenvalue weighted by Crippen LogP contribution is -2.35. The fourth-order valence-corrected chi connectivity index (χ4v) is 3.65. The summed E-state index contributed by atoms with van der Waals surface area (Å²) in [5, 5.41) is 1.09. The zero-order chi connectivity index (χ0) is 13.0. The van der Waals surface area contributed by atoms with Crippen molar-refractivity contribution in [1.82, 2.24) is 4.90 Å². The van der Waals surface area contributed by atoms with Gasteiger partial charge in [-0.05, 0) is 65.4 Å². The summed E-state index contributed by atoms with van der Waals surface area (Å²) in [7, 11) is 0. The maximum Gasteiger partial charge on any atom is 0.137 e. The number of alkyl halides is 1. The van der Waals surface area contributed by atoms with E-state index in [1.165, 1.54) is 31.4 Å². The number of hydrogen-bond acceptors (Lipinski definition) is 1. The van der Waals surface area contributed by atoms with Crippen LogP contribution in [-0.4, -0.2) is 23.3 Å². The van der Waals surface area contributed by atoms with E-state index in [0.29, 0.717) is 4.47 Å². The molecule has 0 bridgehead atoms. The van der Waals surface area contributed by atoms with Gasteiger partial charge in [-0.15, -0.1) is 0 Å². The largest absolute Gasteiger partial charge is 0.299 e. The molecule has 1 heterocycles. The Hall–Kier alpha value is 0.0700. The summed E-state index contributed by atoms with van der Waals surface area (Å²) in [4.78, 5) is 2.48. The highest BCUT2D eigenvalue weighted by Crippen LogP contribution is 2.23. The van der Waals surface area contributed by atoms with Crippen LogP contribution in [0.4, 0.5) is 4.39 Å². The molecule has 4 heteroatoms. The minimum Gasteiger partial charge on any atom is -0.299 e. The summed E-state index contributed by atoms with van der Waals surface area (Å²) < 4.78 is 13.7. The first-order chi connectivity index (χ1) is 8.69. The van der Waals surface area contributed by atoms with Crippen LogP contribution in [0.5, 0.6) is 0 Å². The number of hydrogen-bond donors (Lipinski definition) is 0. The van der Waals surface area contributed by atoms with Gasteiger partial charge in [0, 0.05) is 18.4 Å². The zero-order valence-corrected chi connectivity index (χ0v) is 13.5. The molecule has 0 radical (unpaired) electrons. The second kappa shape index (κ2) is 7.01. The minimum absolute atomic E-state index is 0.186. The molecule has 1 saturated heterocycles. The normalized spacial score (nSPS) is 21.2. The van der Waals surface area contributed by atoms with Gasteiger partial charge in [-0.2, -0.15) is 0 Å². The summed E-state index contributed by atoms with van der Waals surface area (Å²) in [6.45, 7) is 3.26. The van der Waals surface area contributed by atoms with Crippen molar-refractivity contribution >= 4 is 31.9 Å². The molecule has 1 aliphatic rings. The third-order valence-electron chi connectivity index (χ3n) is 3.51. The quantitative estimate of drug-likeness (QED) is 0.693. The Morgan fingerprint density at radius 1 is 1.39 bits per heavy atom. The van der Waals surface area contributed by atoms with E-state index in [1.54, 1.807) is 6.07 Å². The second-order valence-electron chi connectivity index (χ2n) is 4.97. The van der Waals surface area contributed by atoms with Crippen LogP contribution < -0.4 is 0 Å². The van der Waals surface area contributed by atoms with Crippen molar-refractivity contribution < 1.29 is 4.39 Å². The molecule has 1 nitrogen and oxygen atoms in total. The zero-order valence-electron chi connectivity index (χ0n) is 10.3. The standard InChI is InChI=1S/C14H18Br2FN/c15-6-5-11-2-1-7-18(9-11)10-12-3-4-14(17)13(16)8-12/h3-4,8,11H,1-2,5-7,9-10H2. The Labute approximate surface area is 125 Å². The van der Waals surface area contributed by atoms with Crippen LogP contribution in [-0.2, 0) is 6.54 Å². The first kappa shape index (κ1) is 14.5. The molecule has 1 atom stereocenters. The molecule has 0 spiro atoms. The van der Waals surface area contributed by atoms with E-state index in [-0.39, 0.29) is 5.82 Å². The summed E-state index contributed by atoms with van der Waals surface area (Å²) >= 11 is 6.77. The van der Waals surface area contributed by atoms with Gasteiger partial charge in [-0.1, -0.05) is 22.0 Å². The van der Waals surface area contributed by atoms with Crippen molar-refractivity contribution in [1.29, 1.82) is 0 Å². The molecule has 1 aromatic rings. The van der Waals surface area contributed by atoms with E-state index in [4.69, 9.17) is 0 Å². The Balaban J connectivity index is 1.93. The van der Waals surface area contributed by atoms with Gasteiger partial charge in [0.1, 0.15) is 5.82 Å². The van der Waals surface area contributed by atoms with Gasteiger partial charge in [0.2, 0.25) is 0 Å². The van der Waals surface area contributed by atoms with E-state index in [0.717, 1.165) is 24.3 Å². The lowest BCUT2D eigenvalue weighted by atomic mass is 9.95. The highest BCUT2D eigenvalue weighted by Gasteiger charge is 2.19. The first-order valence-electron chi connectivity index (χ1n) is 6.41. The van der Waals surface area contributed by atoms with E-state index in [9.17, 15) is 4.39 Å². The molecule has 0 amide bonds. The molecule has 1 aromatic carbocycles. The average Bonchev–Trinajstić information content (AvgIpc) is 2.35. The van der Waals surface area contributed by atoms with E-state index < -0.39 is 0 Å². The number of piperidine rings is 1. The molecule has 2 rings (SSSR count). The van der Waals surface area contributed by atoms with Crippen molar-refractivity contribution in [3.8, 4) is 0 Å². The predicted octanol–water partition coefficient (Wildman–Crippen LogP) is 4.59. The van der Waals surface area contributed by atoms with Gasteiger partial charge in [-0.25, -0.2) is 4.39 Å². The molecule has 0 saturated carbocycles. The van der Waals surface area contributed by atoms with Crippen LogP contribution in [0.15, 0.2) is 22.7 Å². The van der Waals surface area contributed by atoms with Crippen molar-refractivity contribution in [2.75, 3.05) is 18.4 Å². The van der Waals surface area contributed by atoms with Crippen LogP contribution in [0.25, 0.3) is 0 Å². The summed E-state index contributed by atoms with van der Waals surface area (Å²) in [5.41, 5.74) is 1.18. The van der Waals surface area contributed by atoms with Gasteiger partial charge in [0.15, 0.2) is 0 Å². The maximum absolute atomic E-state index is 13.2. The van der Waals surface area contributed by atoms with Gasteiger partial charge in [-0.3, -0.25) is 4.90 Å². The summed E-state index contributed by atoms with van der Waals surface area (Å²) in [6.07, 6.45) is 3.87. The lowest BCUT2D eigenvalue weighted by Gasteiger charge is -2.32. The average molecular weight is 379 g/mol. The molecule has 100 valence electrons. The number of nitrogens with zero attached hydrogens (tertiary/aromatic N) is 1. The van der Waals surface area contributed by atoms with Crippen LogP contribution in [0.2, 0.25) is 0 Å². The van der Waals surface area contributed by atoms with Crippen LogP contribution in [0, 0.1) is 11.7 Å². The Kier molecular flexibility index (Phi) is 5.64. The smallest absolute Gasteiger partial charge is 0.137 e. The molecule has 0 aliphatic carbocycles. The minimum atomic E-state index is -0.186. The van der Waals surface area contributed by atoms with Crippen molar-refractivity contribution in [3.05, 3.63) is 34.1 Å². The maximum atomic E-state index is 13.2. The predicted molar refractivity (Wildman–Crippen MR) is 80.5 cm³/mol. The molecule has 18 heavy (non-hydrogen) atoms. The monoisotopic (exact) mass is 377 g/mol. The molecule has 1 aliphatic heterocycles. The number of halogens is 3. The molecule has 0 aromatic heterocycles. The van der Waals surface area contributed by atoms with Crippen LogP contribution >= 0.6 is 31.9 Å². The van der Waals surface area contributed by atoms with Crippen LogP contribution in [0.1, 0.15) is 24.8 Å². The Morgan fingerprint density at radius 3 is 2.94 bits per heavy atom. The summed E-state index contributed by atoms with van der Waals surface area (Å²) in [6, 6.07) is 5.32. The Morgan fingerprint density at radius 2 is 2.22 bits per heavy atom. The van der Waals surface area contributed by atoms with Crippen molar-refractivity contribution in [2.45, 2.75) is 25.8 Å². The molecular weight excluding hydrogens is 361 g/mol. The van der Waals surface area contributed by atoms with E-state index in [2.05, 4.69) is 36.8 Å². The van der Waals surface area contributed by atoms with Crippen LogP contribution in [0.3, 0.4) is 0 Å². The van der Waals surface area contributed by atoms with Crippen molar-refractivity contribution in [3.63, 3.8) is 0 Å². The number of benzene rings is 1. The number of likely N-dealkylation sites (tertiary alicyclic amines) is 1.